The van der Waals surface area contributed by atoms with Crippen molar-refractivity contribution in [3.8, 4) is 0 Å². The zero-order chi connectivity index (χ0) is 14.2. The second kappa shape index (κ2) is 9.04. The summed E-state index contributed by atoms with van der Waals surface area (Å²) in [5.74, 6) is 1.91. The van der Waals surface area contributed by atoms with Gasteiger partial charge in [-0.05, 0) is 63.6 Å². The Morgan fingerprint density at radius 1 is 0.950 bits per heavy atom. The Bertz CT molecular complexity index is 246. The van der Waals surface area contributed by atoms with Crippen molar-refractivity contribution in [2.45, 2.75) is 77.7 Å². The smallest absolute Gasteiger partial charge is 0.0107 e. The molecule has 2 fully saturated rings. The van der Waals surface area contributed by atoms with Crippen LogP contribution in [-0.2, 0) is 0 Å². The maximum absolute atomic E-state index is 3.84. The fraction of sp³-hybridized carbons (Fsp3) is 1.00. The molecule has 0 aromatic carbocycles. The van der Waals surface area contributed by atoms with Gasteiger partial charge in [0.25, 0.3) is 0 Å². The van der Waals surface area contributed by atoms with E-state index in [1.54, 1.807) is 0 Å². The first-order valence-corrected chi connectivity index (χ1v) is 9.29. The van der Waals surface area contributed by atoms with Gasteiger partial charge in [-0.1, -0.05) is 39.5 Å². The van der Waals surface area contributed by atoms with Crippen molar-refractivity contribution in [2.75, 3.05) is 26.2 Å². The number of hydrogen-bond donors (Lipinski definition) is 1. The van der Waals surface area contributed by atoms with E-state index in [9.17, 15) is 0 Å². The van der Waals surface area contributed by atoms with Crippen LogP contribution in [0, 0.1) is 11.8 Å². The predicted octanol–water partition coefficient (Wildman–Crippen LogP) is 4.06. The van der Waals surface area contributed by atoms with Gasteiger partial charge in [-0.15, -0.1) is 0 Å². The van der Waals surface area contributed by atoms with Crippen LogP contribution in [0.25, 0.3) is 0 Å². The van der Waals surface area contributed by atoms with Crippen molar-refractivity contribution in [2.24, 2.45) is 11.8 Å². The van der Waals surface area contributed by atoms with E-state index in [0.29, 0.717) is 0 Å². The first-order valence-electron chi connectivity index (χ1n) is 9.29. The second-order valence-corrected chi connectivity index (χ2v) is 7.11. The molecular formula is C18H36N2. The van der Waals surface area contributed by atoms with Crippen LogP contribution in [0.15, 0.2) is 0 Å². The molecule has 2 heteroatoms. The maximum Gasteiger partial charge on any atom is 0.0107 e. The molecule has 1 heterocycles. The van der Waals surface area contributed by atoms with Gasteiger partial charge in [0.15, 0.2) is 0 Å². The van der Waals surface area contributed by atoms with E-state index in [0.717, 1.165) is 17.9 Å². The fourth-order valence-corrected chi connectivity index (χ4v) is 4.11. The zero-order valence-corrected chi connectivity index (χ0v) is 13.9. The minimum absolute atomic E-state index is 0.793. The maximum atomic E-state index is 3.84. The first kappa shape index (κ1) is 16.3. The van der Waals surface area contributed by atoms with Crippen molar-refractivity contribution < 1.29 is 0 Å². The van der Waals surface area contributed by atoms with E-state index in [1.807, 2.05) is 0 Å². The van der Waals surface area contributed by atoms with Gasteiger partial charge in [0.05, 0.1) is 0 Å². The highest BCUT2D eigenvalue weighted by molar-refractivity contribution is 4.83. The fourth-order valence-electron chi connectivity index (χ4n) is 4.11. The Kier molecular flexibility index (Phi) is 7.37. The molecule has 2 aliphatic rings. The average molecular weight is 280 g/mol. The minimum Gasteiger partial charge on any atom is -0.314 e. The number of nitrogens with zero attached hydrogens (tertiary/aromatic N) is 1. The molecule has 2 rings (SSSR count). The Morgan fingerprint density at radius 3 is 2.40 bits per heavy atom. The lowest BCUT2D eigenvalue weighted by Crippen LogP contribution is -2.44. The molecule has 1 saturated heterocycles. The van der Waals surface area contributed by atoms with Crippen molar-refractivity contribution in [1.82, 2.24) is 10.2 Å². The average Bonchev–Trinajstić information content (AvgIpc) is 2.71. The third-order valence-corrected chi connectivity index (χ3v) is 5.59. The minimum atomic E-state index is 0.793. The van der Waals surface area contributed by atoms with Crippen LogP contribution in [0.3, 0.4) is 0 Å². The molecule has 2 unspecified atom stereocenters. The highest BCUT2D eigenvalue weighted by Crippen LogP contribution is 2.27. The van der Waals surface area contributed by atoms with Crippen molar-refractivity contribution in [3.63, 3.8) is 0 Å². The highest BCUT2D eigenvalue weighted by atomic mass is 15.1. The van der Waals surface area contributed by atoms with E-state index in [1.165, 1.54) is 84.0 Å². The van der Waals surface area contributed by atoms with E-state index >= 15 is 0 Å². The molecule has 0 radical (unpaired) electrons. The van der Waals surface area contributed by atoms with Crippen LogP contribution in [0.2, 0.25) is 0 Å². The molecule has 118 valence electrons. The lowest BCUT2D eigenvalue weighted by Gasteiger charge is -2.36. The van der Waals surface area contributed by atoms with Gasteiger partial charge < -0.3 is 10.2 Å². The molecule has 0 spiro atoms. The molecule has 0 aromatic heterocycles. The van der Waals surface area contributed by atoms with Gasteiger partial charge in [-0.2, -0.15) is 0 Å². The summed E-state index contributed by atoms with van der Waals surface area (Å²) in [7, 11) is 0. The summed E-state index contributed by atoms with van der Waals surface area (Å²) in [6.07, 6.45) is 12.8. The molecule has 1 N–H and O–H groups in total. The van der Waals surface area contributed by atoms with Crippen LogP contribution in [0.1, 0.15) is 71.6 Å². The molecular weight excluding hydrogens is 244 g/mol. The van der Waals surface area contributed by atoms with Gasteiger partial charge >= 0.3 is 0 Å². The Balaban J connectivity index is 1.81. The predicted molar refractivity (Wildman–Crippen MR) is 88.1 cm³/mol. The molecule has 0 bridgehead atoms. The zero-order valence-electron chi connectivity index (χ0n) is 13.9. The largest absolute Gasteiger partial charge is 0.314 e. The quantitative estimate of drug-likeness (QED) is 0.738. The number of piperidine rings is 1. The molecule has 1 aliphatic carbocycles. The number of rotatable bonds is 6. The molecule has 1 aliphatic heterocycles. The third-order valence-electron chi connectivity index (χ3n) is 5.59. The molecule has 20 heavy (non-hydrogen) atoms. The number of likely N-dealkylation sites (tertiary alicyclic amines) is 1. The van der Waals surface area contributed by atoms with E-state index in [2.05, 4.69) is 24.1 Å². The summed E-state index contributed by atoms with van der Waals surface area (Å²) in [5, 5.41) is 3.84. The van der Waals surface area contributed by atoms with E-state index in [-0.39, 0.29) is 0 Å². The van der Waals surface area contributed by atoms with E-state index < -0.39 is 0 Å². The number of hydrogen-bond acceptors (Lipinski definition) is 2. The normalized spacial score (nSPS) is 30.3. The first-order chi connectivity index (χ1) is 9.83. The number of nitrogens with one attached hydrogen (secondary N) is 1. The Labute approximate surface area is 126 Å². The summed E-state index contributed by atoms with van der Waals surface area (Å²) < 4.78 is 0. The van der Waals surface area contributed by atoms with Crippen LogP contribution < -0.4 is 5.32 Å². The molecule has 0 amide bonds. The van der Waals surface area contributed by atoms with Crippen molar-refractivity contribution >= 4 is 0 Å². The third kappa shape index (κ3) is 5.04. The SMILES string of the molecule is CCCNC1CCCCCC1CN1CCC(CC)CC1. The summed E-state index contributed by atoms with van der Waals surface area (Å²) >= 11 is 0. The monoisotopic (exact) mass is 280 g/mol. The standard InChI is InChI=1S/C18H36N2/c1-3-12-19-18-9-7-5-6-8-17(18)15-20-13-10-16(4-2)11-14-20/h16-19H,3-15H2,1-2H3. The highest BCUT2D eigenvalue weighted by Gasteiger charge is 2.26. The topological polar surface area (TPSA) is 15.3 Å². The lowest BCUT2D eigenvalue weighted by atomic mass is 9.90. The van der Waals surface area contributed by atoms with Gasteiger partial charge in [-0.3, -0.25) is 0 Å². The lowest BCUT2D eigenvalue weighted by molar-refractivity contribution is 0.140. The molecule has 0 aromatic rings. The summed E-state index contributed by atoms with van der Waals surface area (Å²) in [6, 6.07) is 0.793. The second-order valence-electron chi connectivity index (χ2n) is 7.11. The Hall–Kier alpha value is -0.0800. The van der Waals surface area contributed by atoms with Gasteiger partial charge in [0.1, 0.15) is 0 Å². The van der Waals surface area contributed by atoms with Crippen molar-refractivity contribution in [1.29, 1.82) is 0 Å². The summed E-state index contributed by atoms with van der Waals surface area (Å²) in [6.45, 7) is 9.92. The van der Waals surface area contributed by atoms with Gasteiger partial charge in [0, 0.05) is 12.6 Å². The molecule has 2 nitrogen and oxygen atoms in total. The van der Waals surface area contributed by atoms with Crippen LogP contribution in [-0.4, -0.2) is 37.1 Å². The van der Waals surface area contributed by atoms with Gasteiger partial charge in [0.2, 0.25) is 0 Å². The van der Waals surface area contributed by atoms with Crippen LogP contribution >= 0.6 is 0 Å². The van der Waals surface area contributed by atoms with E-state index in [4.69, 9.17) is 0 Å². The van der Waals surface area contributed by atoms with Gasteiger partial charge in [-0.25, -0.2) is 0 Å². The van der Waals surface area contributed by atoms with Crippen molar-refractivity contribution in [3.05, 3.63) is 0 Å². The molecule has 2 atom stereocenters. The van der Waals surface area contributed by atoms with Crippen LogP contribution in [0.4, 0.5) is 0 Å². The molecule has 1 saturated carbocycles. The van der Waals surface area contributed by atoms with Crippen LogP contribution in [0.5, 0.6) is 0 Å². The summed E-state index contributed by atoms with van der Waals surface area (Å²) in [4.78, 5) is 2.77. The summed E-state index contributed by atoms with van der Waals surface area (Å²) in [5.41, 5.74) is 0. The Morgan fingerprint density at radius 2 is 1.70 bits per heavy atom.